The van der Waals surface area contributed by atoms with Crippen molar-refractivity contribution in [2.75, 3.05) is 0 Å². The molecule has 1 aromatic heterocycles. The number of nitrogens with one attached hydrogen (secondary N) is 2. The summed E-state index contributed by atoms with van der Waals surface area (Å²) in [7, 11) is 0. The maximum Gasteiger partial charge on any atom is 0.255 e. The zero-order valence-corrected chi connectivity index (χ0v) is 18.3. The third-order valence-corrected chi connectivity index (χ3v) is 6.32. The Kier molecular flexibility index (Phi) is 5.77. The van der Waals surface area contributed by atoms with Crippen molar-refractivity contribution in [3.63, 3.8) is 0 Å². The summed E-state index contributed by atoms with van der Waals surface area (Å²) in [6.45, 7) is 0.381. The molecular weight excluding hydrogens is 416 g/mol. The fourth-order valence-corrected chi connectivity index (χ4v) is 4.24. The number of ether oxygens (including phenoxy) is 1. The van der Waals surface area contributed by atoms with Crippen LogP contribution in [0.25, 0.3) is 0 Å². The molecular formula is C26H26N4O3. The Hall–Kier alpha value is -3.74. The number of rotatable bonds is 7. The molecule has 0 atom stereocenters. The molecule has 2 aromatic carbocycles. The number of fused-ring (bicyclic) bond motifs is 1. The molecule has 0 unspecified atom stereocenters. The lowest BCUT2D eigenvalue weighted by Crippen LogP contribution is -2.48. The van der Waals surface area contributed by atoms with Gasteiger partial charge in [0, 0.05) is 18.9 Å². The first-order valence-corrected chi connectivity index (χ1v) is 11.4. The van der Waals surface area contributed by atoms with Gasteiger partial charge in [0.15, 0.2) is 0 Å². The fourth-order valence-electron chi connectivity index (χ4n) is 4.24. The smallest absolute Gasteiger partial charge is 0.255 e. The molecule has 3 aromatic rings. The fraction of sp³-hybridized carbons (Fsp3) is 0.308. The van der Waals surface area contributed by atoms with Gasteiger partial charge >= 0.3 is 0 Å². The minimum atomic E-state index is -0.845. The highest BCUT2D eigenvalue weighted by Crippen LogP contribution is 2.36. The van der Waals surface area contributed by atoms with Crippen LogP contribution in [-0.2, 0) is 24.2 Å². The first-order chi connectivity index (χ1) is 16.1. The Morgan fingerprint density at radius 3 is 2.48 bits per heavy atom. The number of carbonyl (C=O) groups is 2. The highest BCUT2D eigenvalue weighted by atomic mass is 16.5. The number of amides is 2. The molecule has 2 amide bonds. The van der Waals surface area contributed by atoms with Crippen LogP contribution >= 0.6 is 0 Å². The predicted octanol–water partition coefficient (Wildman–Crippen LogP) is 3.73. The molecule has 0 aliphatic heterocycles. The number of hydrogen-bond donors (Lipinski definition) is 2. The quantitative estimate of drug-likeness (QED) is 0.582. The molecule has 1 fully saturated rings. The molecule has 0 radical (unpaired) electrons. The summed E-state index contributed by atoms with van der Waals surface area (Å²) >= 11 is 0. The van der Waals surface area contributed by atoms with Crippen LogP contribution in [0.1, 0.15) is 52.7 Å². The van der Waals surface area contributed by atoms with Crippen molar-refractivity contribution in [3.8, 4) is 11.5 Å². The van der Waals surface area contributed by atoms with Crippen LogP contribution in [0.3, 0.4) is 0 Å². The van der Waals surface area contributed by atoms with Gasteiger partial charge in [-0.2, -0.15) is 0 Å². The van der Waals surface area contributed by atoms with E-state index in [-0.39, 0.29) is 11.8 Å². The first-order valence-electron chi connectivity index (χ1n) is 11.4. The van der Waals surface area contributed by atoms with Crippen LogP contribution < -0.4 is 15.4 Å². The summed E-state index contributed by atoms with van der Waals surface area (Å²) in [5.74, 6) is 1.19. The minimum absolute atomic E-state index is 0.177. The van der Waals surface area contributed by atoms with E-state index in [0.29, 0.717) is 24.9 Å². The zero-order chi connectivity index (χ0) is 22.7. The highest BCUT2D eigenvalue weighted by Gasteiger charge is 2.51. The van der Waals surface area contributed by atoms with Gasteiger partial charge < -0.3 is 15.4 Å². The summed E-state index contributed by atoms with van der Waals surface area (Å²) in [5, 5.41) is 5.77. The van der Waals surface area contributed by atoms with E-state index in [1.807, 2.05) is 30.3 Å². The van der Waals surface area contributed by atoms with Crippen molar-refractivity contribution in [1.29, 1.82) is 0 Å². The third-order valence-electron chi connectivity index (χ3n) is 6.32. The van der Waals surface area contributed by atoms with E-state index in [2.05, 4.69) is 32.7 Å². The number of nitrogens with zero attached hydrogens (tertiary/aromatic N) is 2. The summed E-state index contributed by atoms with van der Waals surface area (Å²) < 4.78 is 6.16. The third kappa shape index (κ3) is 4.72. The molecule has 2 N–H and O–H groups in total. The Morgan fingerprint density at radius 1 is 0.970 bits per heavy atom. The van der Waals surface area contributed by atoms with Gasteiger partial charge in [0.1, 0.15) is 23.4 Å². The van der Waals surface area contributed by atoms with Gasteiger partial charge in [-0.15, -0.1) is 0 Å². The lowest BCUT2D eigenvalue weighted by molar-refractivity contribution is -0.124. The second-order valence-electron chi connectivity index (χ2n) is 8.69. The van der Waals surface area contributed by atoms with E-state index in [4.69, 9.17) is 4.74 Å². The Balaban J connectivity index is 1.17. The van der Waals surface area contributed by atoms with E-state index >= 15 is 0 Å². The Labute approximate surface area is 192 Å². The van der Waals surface area contributed by atoms with Gasteiger partial charge in [-0.25, -0.2) is 9.97 Å². The van der Waals surface area contributed by atoms with Crippen LogP contribution in [0.4, 0.5) is 0 Å². The highest BCUT2D eigenvalue weighted by molar-refractivity contribution is 6.00. The Morgan fingerprint density at radius 2 is 1.73 bits per heavy atom. The average Bonchev–Trinajstić information content (AvgIpc) is 3.65. The number of carbonyl (C=O) groups excluding carboxylic acids is 2. The molecule has 1 saturated carbocycles. The largest absolute Gasteiger partial charge is 0.457 e. The molecule has 2 aliphatic carbocycles. The van der Waals surface area contributed by atoms with Crippen LogP contribution in [0.5, 0.6) is 11.5 Å². The summed E-state index contributed by atoms with van der Waals surface area (Å²) in [6, 6.07) is 14.0. The van der Waals surface area contributed by atoms with E-state index in [1.54, 1.807) is 0 Å². The molecule has 5 rings (SSSR count). The van der Waals surface area contributed by atoms with Crippen LogP contribution in [0, 0.1) is 0 Å². The van der Waals surface area contributed by atoms with Crippen molar-refractivity contribution in [2.45, 2.75) is 50.6 Å². The van der Waals surface area contributed by atoms with E-state index in [0.717, 1.165) is 29.9 Å². The van der Waals surface area contributed by atoms with Crippen molar-refractivity contribution in [2.24, 2.45) is 0 Å². The van der Waals surface area contributed by atoms with Gasteiger partial charge in [0.05, 0.1) is 5.56 Å². The van der Waals surface area contributed by atoms with E-state index < -0.39 is 5.54 Å². The van der Waals surface area contributed by atoms with Gasteiger partial charge in [-0.1, -0.05) is 24.3 Å². The SMILES string of the molecule is O=C(NC1(C(=O)NCc2ccc(Oc3cccc4c3CCCC4)cc2)CC1)c1cncnc1. The summed E-state index contributed by atoms with van der Waals surface area (Å²) in [5.41, 5.74) is 3.16. The van der Waals surface area contributed by atoms with Gasteiger partial charge in [-0.05, 0) is 73.4 Å². The molecule has 0 bridgehead atoms. The van der Waals surface area contributed by atoms with Crippen molar-refractivity contribution >= 4 is 11.8 Å². The standard InChI is InChI=1S/C26H26N4O3/c31-24(20-15-27-17-28-16-20)30-26(12-13-26)25(32)29-14-18-8-10-21(11-9-18)33-23-7-3-5-19-4-1-2-6-22(19)23/h3,5,7-11,15-17H,1-2,4,6,12-14H2,(H,29,32)(H,30,31). The monoisotopic (exact) mass is 442 g/mol. The lowest BCUT2D eigenvalue weighted by Gasteiger charge is -2.19. The summed E-state index contributed by atoms with van der Waals surface area (Å²) in [6.07, 6.45) is 10.1. The van der Waals surface area contributed by atoms with Gasteiger partial charge in [0.25, 0.3) is 5.91 Å². The average molecular weight is 443 g/mol. The maximum absolute atomic E-state index is 12.7. The molecule has 168 valence electrons. The van der Waals surface area contributed by atoms with E-state index in [1.165, 1.54) is 42.7 Å². The number of aromatic nitrogens is 2. The van der Waals surface area contributed by atoms with Crippen LogP contribution in [-0.4, -0.2) is 27.3 Å². The molecule has 0 saturated heterocycles. The molecule has 2 aliphatic rings. The van der Waals surface area contributed by atoms with Crippen LogP contribution in [0.15, 0.2) is 61.2 Å². The molecule has 7 heteroatoms. The van der Waals surface area contributed by atoms with Crippen molar-refractivity contribution in [1.82, 2.24) is 20.6 Å². The normalized spacial score (nSPS) is 15.8. The first kappa shape index (κ1) is 21.1. The maximum atomic E-state index is 12.7. The molecule has 0 spiro atoms. The summed E-state index contributed by atoms with van der Waals surface area (Å²) in [4.78, 5) is 32.8. The predicted molar refractivity (Wildman–Crippen MR) is 123 cm³/mol. The number of hydrogen-bond acceptors (Lipinski definition) is 5. The van der Waals surface area contributed by atoms with E-state index in [9.17, 15) is 9.59 Å². The minimum Gasteiger partial charge on any atom is -0.457 e. The number of aryl methyl sites for hydroxylation is 1. The molecule has 33 heavy (non-hydrogen) atoms. The van der Waals surface area contributed by atoms with Crippen molar-refractivity contribution in [3.05, 3.63) is 83.4 Å². The second kappa shape index (κ2) is 9.02. The Bertz CT molecular complexity index is 1160. The van der Waals surface area contributed by atoms with Gasteiger partial charge in [0.2, 0.25) is 5.91 Å². The molecule has 1 heterocycles. The number of benzene rings is 2. The lowest BCUT2D eigenvalue weighted by atomic mass is 9.91. The van der Waals surface area contributed by atoms with Gasteiger partial charge in [-0.3, -0.25) is 9.59 Å². The topological polar surface area (TPSA) is 93.2 Å². The zero-order valence-electron chi connectivity index (χ0n) is 18.3. The van der Waals surface area contributed by atoms with Crippen LogP contribution in [0.2, 0.25) is 0 Å². The molecule has 7 nitrogen and oxygen atoms in total. The second-order valence-corrected chi connectivity index (χ2v) is 8.69. The van der Waals surface area contributed by atoms with Crippen molar-refractivity contribution < 1.29 is 14.3 Å².